The van der Waals surface area contributed by atoms with Crippen LogP contribution in [0.3, 0.4) is 0 Å². The fraction of sp³-hybridized carbons (Fsp3) is 0.444. The molecule has 2 aliphatic heterocycles. The molecular weight excluding hydrogens is 386 g/mol. The summed E-state index contributed by atoms with van der Waals surface area (Å²) in [5, 5.41) is 0. The first-order valence-corrected chi connectivity index (χ1v) is 11.7. The molecule has 1 saturated heterocycles. The number of amides is 1. The zero-order chi connectivity index (χ0) is 21.2. The van der Waals surface area contributed by atoms with Crippen molar-refractivity contribution < 1.29 is 14.3 Å². The lowest BCUT2D eigenvalue weighted by atomic mass is 9.91. The summed E-state index contributed by atoms with van der Waals surface area (Å²) in [4.78, 5) is 15.1. The molecule has 3 aliphatic rings. The maximum atomic E-state index is 13.2. The van der Waals surface area contributed by atoms with Gasteiger partial charge in [-0.3, -0.25) is 4.90 Å². The van der Waals surface area contributed by atoms with Crippen LogP contribution in [0.15, 0.2) is 60.2 Å². The van der Waals surface area contributed by atoms with E-state index in [0.717, 1.165) is 12.8 Å². The molecule has 2 aromatic carbocycles. The number of rotatable bonds is 6. The average molecular weight is 418 g/mol. The van der Waals surface area contributed by atoms with E-state index in [0.29, 0.717) is 19.8 Å². The first-order valence-electron chi connectivity index (χ1n) is 11.7. The van der Waals surface area contributed by atoms with Gasteiger partial charge in [-0.2, -0.15) is 0 Å². The van der Waals surface area contributed by atoms with Crippen LogP contribution in [0.25, 0.3) is 11.1 Å². The molecule has 5 rings (SSSR count). The van der Waals surface area contributed by atoms with Gasteiger partial charge in [0.2, 0.25) is 0 Å². The van der Waals surface area contributed by atoms with E-state index in [9.17, 15) is 4.79 Å². The number of fused-ring (bicyclic) bond motifs is 5. The summed E-state index contributed by atoms with van der Waals surface area (Å²) in [5.74, 6) is 0.0948. The first-order chi connectivity index (χ1) is 15.3. The number of hydrogen-bond donors (Lipinski definition) is 0. The summed E-state index contributed by atoms with van der Waals surface area (Å²) in [6, 6.07) is 17.0. The van der Waals surface area contributed by atoms with Gasteiger partial charge in [-0.1, -0.05) is 79.9 Å². The summed E-state index contributed by atoms with van der Waals surface area (Å²) < 4.78 is 11.7. The molecule has 31 heavy (non-hydrogen) atoms. The van der Waals surface area contributed by atoms with Crippen molar-refractivity contribution in [1.29, 1.82) is 0 Å². The van der Waals surface area contributed by atoms with E-state index in [1.54, 1.807) is 0 Å². The second-order valence-corrected chi connectivity index (χ2v) is 8.96. The zero-order valence-electron chi connectivity index (χ0n) is 18.3. The first kappa shape index (κ1) is 20.3. The lowest BCUT2D eigenvalue weighted by Gasteiger charge is -2.44. The molecule has 4 nitrogen and oxygen atoms in total. The number of hydrogen-bond acceptors (Lipinski definition) is 3. The maximum absolute atomic E-state index is 13.2. The van der Waals surface area contributed by atoms with Gasteiger partial charge < -0.3 is 9.47 Å². The number of ether oxygens (including phenoxy) is 2. The van der Waals surface area contributed by atoms with Gasteiger partial charge in [0.1, 0.15) is 6.61 Å². The van der Waals surface area contributed by atoms with E-state index >= 15 is 0 Å². The lowest BCUT2D eigenvalue weighted by molar-refractivity contribution is -0.0365. The van der Waals surface area contributed by atoms with Crippen LogP contribution in [0.2, 0.25) is 0 Å². The molecule has 0 aromatic heterocycles. The number of nitrogens with zero attached hydrogens (tertiary/aromatic N) is 1. The molecule has 2 bridgehead atoms. The highest BCUT2D eigenvalue weighted by atomic mass is 16.6. The monoisotopic (exact) mass is 417 g/mol. The third-order valence-electron chi connectivity index (χ3n) is 6.92. The average Bonchev–Trinajstić information content (AvgIpc) is 3.11. The summed E-state index contributed by atoms with van der Waals surface area (Å²) in [6.07, 6.45) is 7.82. The van der Waals surface area contributed by atoms with Gasteiger partial charge in [0.05, 0.1) is 25.3 Å². The van der Waals surface area contributed by atoms with Crippen molar-refractivity contribution in [2.24, 2.45) is 0 Å². The van der Waals surface area contributed by atoms with Gasteiger partial charge in [-0.05, 0) is 41.5 Å². The van der Waals surface area contributed by atoms with Gasteiger partial charge in [-0.15, -0.1) is 0 Å². The Labute approximate surface area is 184 Å². The van der Waals surface area contributed by atoms with Crippen LogP contribution < -0.4 is 0 Å². The van der Waals surface area contributed by atoms with Crippen molar-refractivity contribution in [2.75, 3.05) is 19.8 Å². The number of morpholine rings is 1. The van der Waals surface area contributed by atoms with Crippen LogP contribution in [0.1, 0.15) is 56.1 Å². The fourth-order valence-corrected chi connectivity index (χ4v) is 5.43. The smallest absolute Gasteiger partial charge is 0.410 e. The summed E-state index contributed by atoms with van der Waals surface area (Å²) in [5.41, 5.74) is 6.48. The Morgan fingerprint density at radius 3 is 2.42 bits per heavy atom. The van der Waals surface area contributed by atoms with Gasteiger partial charge in [0, 0.05) is 5.92 Å². The molecule has 162 valence electrons. The van der Waals surface area contributed by atoms with Crippen LogP contribution >= 0.6 is 0 Å². The molecule has 2 heterocycles. The van der Waals surface area contributed by atoms with E-state index < -0.39 is 0 Å². The molecule has 0 saturated carbocycles. The third-order valence-corrected chi connectivity index (χ3v) is 6.92. The Balaban J connectivity index is 1.29. The standard InChI is InChI=1S/C27H31NO3/c1-2-3-4-9-19-14-20-16-30-17-21(15-19)28(20)27(29)31-18-26-24-12-7-5-10-22(24)23-11-6-8-13-25(23)26/h5-8,10-14,20-21,26H,2-4,9,15-18H2,1H3. The van der Waals surface area contributed by atoms with Crippen LogP contribution in [-0.2, 0) is 9.47 Å². The normalized spacial score (nSPS) is 22.0. The van der Waals surface area contributed by atoms with Gasteiger partial charge in [0.15, 0.2) is 0 Å². The zero-order valence-corrected chi connectivity index (χ0v) is 18.3. The predicted octanol–water partition coefficient (Wildman–Crippen LogP) is 5.92. The minimum Gasteiger partial charge on any atom is -0.448 e. The quantitative estimate of drug-likeness (QED) is 0.433. The third kappa shape index (κ3) is 3.89. The number of benzene rings is 2. The fourth-order valence-electron chi connectivity index (χ4n) is 5.43. The minimum atomic E-state index is -0.205. The highest BCUT2D eigenvalue weighted by Gasteiger charge is 2.39. The van der Waals surface area contributed by atoms with Crippen molar-refractivity contribution in [3.8, 4) is 11.1 Å². The van der Waals surface area contributed by atoms with Crippen LogP contribution in [-0.4, -0.2) is 42.9 Å². The van der Waals surface area contributed by atoms with Crippen LogP contribution in [0.5, 0.6) is 0 Å². The van der Waals surface area contributed by atoms with Gasteiger partial charge in [0.25, 0.3) is 0 Å². The van der Waals surface area contributed by atoms with Crippen molar-refractivity contribution in [3.63, 3.8) is 0 Å². The molecule has 4 heteroatoms. The van der Waals surface area contributed by atoms with Crippen LogP contribution in [0.4, 0.5) is 4.79 Å². The molecular formula is C27H31NO3. The van der Waals surface area contributed by atoms with Crippen molar-refractivity contribution >= 4 is 6.09 Å². The molecule has 2 unspecified atom stereocenters. The van der Waals surface area contributed by atoms with E-state index in [1.165, 1.54) is 47.1 Å². The Hall–Kier alpha value is -2.59. The lowest BCUT2D eigenvalue weighted by Crippen LogP contribution is -2.56. The summed E-state index contributed by atoms with van der Waals surface area (Å²) in [7, 11) is 0. The summed E-state index contributed by atoms with van der Waals surface area (Å²) >= 11 is 0. The molecule has 0 radical (unpaired) electrons. The molecule has 1 amide bonds. The van der Waals surface area contributed by atoms with E-state index in [2.05, 4.69) is 61.5 Å². The second-order valence-electron chi connectivity index (χ2n) is 8.96. The highest BCUT2D eigenvalue weighted by Crippen LogP contribution is 2.44. The van der Waals surface area contributed by atoms with E-state index in [1.807, 2.05) is 4.90 Å². The van der Waals surface area contributed by atoms with Gasteiger partial charge in [-0.25, -0.2) is 4.79 Å². The number of unbranched alkanes of at least 4 members (excludes halogenated alkanes) is 2. The van der Waals surface area contributed by atoms with Crippen LogP contribution in [0, 0.1) is 0 Å². The second kappa shape index (κ2) is 8.88. The molecule has 2 atom stereocenters. The molecule has 1 fully saturated rings. The Morgan fingerprint density at radius 2 is 1.74 bits per heavy atom. The highest BCUT2D eigenvalue weighted by molar-refractivity contribution is 5.79. The molecule has 0 spiro atoms. The maximum Gasteiger partial charge on any atom is 0.410 e. The Morgan fingerprint density at radius 1 is 1.03 bits per heavy atom. The van der Waals surface area contributed by atoms with E-state index in [4.69, 9.17) is 9.47 Å². The number of carbonyl (C=O) groups is 1. The van der Waals surface area contributed by atoms with Crippen molar-refractivity contribution in [1.82, 2.24) is 4.90 Å². The minimum absolute atomic E-state index is 0.000206. The van der Waals surface area contributed by atoms with Crippen molar-refractivity contribution in [2.45, 2.75) is 57.0 Å². The van der Waals surface area contributed by atoms with E-state index in [-0.39, 0.29) is 24.1 Å². The molecule has 2 aromatic rings. The molecule has 0 N–H and O–H groups in total. The van der Waals surface area contributed by atoms with Gasteiger partial charge >= 0.3 is 6.09 Å². The topological polar surface area (TPSA) is 38.8 Å². The Bertz CT molecular complexity index is 936. The van der Waals surface area contributed by atoms with Crippen molar-refractivity contribution in [3.05, 3.63) is 71.3 Å². The molecule has 1 aliphatic carbocycles. The SMILES string of the molecule is CCCCCC1=CC2COCC(C1)N2C(=O)OCC1c2ccccc2-c2ccccc21. The largest absolute Gasteiger partial charge is 0.448 e. The summed E-state index contributed by atoms with van der Waals surface area (Å²) in [6.45, 7) is 3.78. The predicted molar refractivity (Wildman–Crippen MR) is 122 cm³/mol. The Kier molecular flexibility index (Phi) is 5.82. The number of carbonyl (C=O) groups excluding carboxylic acids is 1.